The molecule has 1 N–H and O–H groups in total. The number of rotatable bonds is 2. The minimum Gasteiger partial charge on any atom is -0.281 e. The summed E-state index contributed by atoms with van der Waals surface area (Å²) in [5, 5.41) is 2.57. The largest absolute Gasteiger partial charge is 0.444 e. The third-order valence-electron chi connectivity index (χ3n) is 3.35. The average Bonchev–Trinajstić information content (AvgIpc) is 2.95. The highest BCUT2D eigenvalue weighted by Gasteiger charge is 2.20. The summed E-state index contributed by atoms with van der Waals surface area (Å²) in [7, 11) is 0. The predicted molar refractivity (Wildman–Crippen MR) is 82.7 cm³/mol. The van der Waals surface area contributed by atoms with Crippen molar-refractivity contribution in [3.63, 3.8) is 0 Å². The van der Waals surface area contributed by atoms with E-state index in [0.29, 0.717) is 0 Å². The fourth-order valence-electron chi connectivity index (χ4n) is 2.09. The average molecular weight is 291 g/mol. The lowest BCUT2D eigenvalue weighted by Gasteiger charge is -1.94. The molecule has 0 spiro atoms. The molecule has 0 atom stereocenters. The van der Waals surface area contributed by atoms with E-state index in [1.165, 1.54) is 10.2 Å². The van der Waals surface area contributed by atoms with Crippen molar-refractivity contribution in [2.45, 2.75) is 13.3 Å². The van der Waals surface area contributed by atoms with Crippen LogP contribution in [0.5, 0.6) is 0 Å². The molecule has 4 heteroatoms. The third kappa shape index (κ3) is 2.84. The smallest absolute Gasteiger partial charge is 0.281 e. The Labute approximate surface area is 128 Å². The fourth-order valence-corrected chi connectivity index (χ4v) is 2.09. The van der Waals surface area contributed by atoms with Crippen LogP contribution in [0.1, 0.15) is 23.7 Å². The topological polar surface area (TPSA) is 49.9 Å². The first kappa shape index (κ1) is 13.9. The van der Waals surface area contributed by atoms with Gasteiger partial charge >= 0.3 is 11.3 Å². The third-order valence-corrected chi connectivity index (χ3v) is 3.35. The Bertz CT molecular complexity index is 879. The number of benzene rings is 2. The number of aryl methyl sites for hydroxylation is 1. The van der Waals surface area contributed by atoms with E-state index < -0.39 is 5.63 Å². The van der Waals surface area contributed by atoms with Crippen molar-refractivity contribution in [1.29, 1.82) is 0 Å². The zero-order chi connectivity index (χ0) is 15.4. The van der Waals surface area contributed by atoms with E-state index in [0.717, 1.165) is 17.7 Å². The van der Waals surface area contributed by atoms with E-state index >= 15 is 0 Å². The number of nitrogens with one attached hydrogen (secondary N) is 1. The van der Waals surface area contributed by atoms with E-state index in [2.05, 4.69) is 24.0 Å². The second kappa shape index (κ2) is 6.15. The van der Waals surface area contributed by atoms with Crippen LogP contribution >= 0.6 is 0 Å². The first-order valence-corrected chi connectivity index (χ1v) is 7.08. The summed E-state index contributed by atoms with van der Waals surface area (Å²) < 4.78 is 6.39. The molecule has 2 aromatic carbocycles. The minimum atomic E-state index is -0.485. The SMILES string of the molecule is CCc1ccc(C#Cc2c(=O)o[nH][n+]2-c2ccccc2)cc1. The van der Waals surface area contributed by atoms with E-state index in [9.17, 15) is 4.79 Å². The lowest BCUT2D eigenvalue weighted by molar-refractivity contribution is -0.672. The monoisotopic (exact) mass is 291 g/mol. The summed E-state index contributed by atoms with van der Waals surface area (Å²) >= 11 is 0. The molecule has 0 amide bonds. The van der Waals surface area contributed by atoms with Gasteiger partial charge in [-0.3, -0.25) is 4.52 Å². The van der Waals surface area contributed by atoms with Gasteiger partial charge in [-0.2, -0.15) is 0 Å². The Morgan fingerprint density at radius 2 is 1.77 bits per heavy atom. The van der Waals surface area contributed by atoms with E-state index in [1.807, 2.05) is 54.6 Å². The van der Waals surface area contributed by atoms with Crippen LogP contribution in [0.25, 0.3) is 5.69 Å². The highest BCUT2D eigenvalue weighted by Crippen LogP contribution is 2.04. The molecule has 0 saturated carbocycles. The molecule has 1 aromatic heterocycles. The maximum absolute atomic E-state index is 11.8. The van der Waals surface area contributed by atoms with Gasteiger partial charge in [-0.1, -0.05) is 43.2 Å². The Balaban J connectivity index is 1.98. The number of para-hydroxylation sites is 1. The molecule has 1 heterocycles. The van der Waals surface area contributed by atoms with Gasteiger partial charge in [-0.05, 0) is 34.1 Å². The number of nitrogens with zero attached hydrogens (tertiary/aromatic N) is 1. The molecule has 22 heavy (non-hydrogen) atoms. The van der Waals surface area contributed by atoms with Crippen molar-refractivity contribution in [2.24, 2.45) is 0 Å². The Morgan fingerprint density at radius 3 is 2.45 bits per heavy atom. The van der Waals surface area contributed by atoms with Gasteiger partial charge in [-0.15, -0.1) is 0 Å². The number of aromatic amines is 1. The van der Waals surface area contributed by atoms with Gasteiger partial charge in [0.15, 0.2) is 0 Å². The predicted octanol–water partition coefficient (Wildman–Crippen LogP) is 2.21. The minimum absolute atomic E-state index is 0.269. The highest BCUT2D eigenvalue weighted by molar-refractivity contribution is 5.39. The van der Waals surface area contributed by atoms with Crippen LogP contribution in [0.3, 0.4) is 0 Å². The highest BCUT2D eigenvalue weighted by atomic mass is 16.5. The molecule has 0 radical (unpaired) electrons. The molecule has 0 saturated heterocycles. The standard InChI is InChI=1S/C18H14N2O2/c1-2-14-8-10-15(11-9-14)12-13-17-18(21)22-19-20(17)16-6-4-3-5-7-16/h3-11H,2H2,1H3/p+1. The van der Waals surface area contributed by atoms with Gasteiger partial charge in [0.2, 0.25) is 5.69 Å². The van der Waals surface area contributed by atoms with Gasteiger partial charge < -0.3 is 0 Å². The van der Waals surface area contributed by atoms with Crippen molar-refractivity contribution < 1.29 is 9.20 Å². The molecule has 0 aliphatic rings. The van der Waals surface area contributed by atoms with E-state index in [1.54, 1.807) is 0 Å². The van der Waals surface area contributed by atoms with Crippen molar-refractivity contribution in [3.8, 4) is 17.5 Å². The Kier molecular flexibility index (Phi) is 3.88. The van der Waals surface area contributed by atoms with Crippen LogP contribution in [0, 0.1) is 11.8 Å². The van der Waals surface area contributed by atoms with Crippen LogP contribution in [-0.2, 0) is 6.42 Å². The van der Waals surface area contributed by atoms with Crippen LogP contribution in [-0.4, -0.2) is 5.27 Å². The van der Waals surface area contributed by atoms with Gasteiger partial charge in [0.05, 0.1) is 0 Å². The molecule has 0 aliphatic carbocycles. The van der Waals surface area contributed by atoms with E-state index in [-0.39, 0.29) is 5.69 Å². The molecule has 108 valence electrons. The second-order valence-electron chi connectivity index (χ2n) is 4.80. The Morgan fingerprint density at radius 1 is 1.05 bits per heavy atom. The molecule has 4 nitrogen and oxygen atoms in total. The fraction of sp³-hybridized carbons (Fsp3) is 0.111. The van der Waals surface area contributed by atoms with Gasteiger partial charge in [0.25, 0.3) is 0 Å². The number of aromatic nitrogens is 2. The van der Waals surface area contributed by atoms with Gasteiger partial charge in [0.1, 0.15) is 0 Å². The second-order valence-corrected chi connectivity index (χ2v) is 4.80. The first-order chi connectivity index (χ1) is 10.8. The lowest BCUT2D eigenvalue weighted by atomic mass is 10.1. The van der Waals surface area contributed by atoms with Crippen molar-refractivity contribution in [1.82, 2.24) is 5.27 Å². The summed E-state index contributed by atoms with van der Waals surface area (Å²) in [5.41, 5.74) is 2.69. The van der Waals surface area contributed by atoms with Crippen molar-refractivity contribution in [2.75, 3.05) is 0 Å². The van der Waals surface area contributed by atoms with Crippen molar-refractivity contribution in [3.05, 3.63) is 81.8 Å². The molecule has 0 bridgehead atoms. The summed E-state index contributed by atoms with van der Waals surface area (Å²) in [4.78, 5) is 11.8. The van der Waals surface area contributed by atoms with E-state index in [4.69, 9.17) is 4.52 Å². The number of hydrogen-bond acceptors (Lipinski definition) is 2. The molecule has 0 unspecified atom stereocenters. The quantitative estimate of drug-likeness (QED) is 0.581. The van der Waals surface area contributed by atoms with Crippen LogP contribution in [0.4, 0.5) is 0 Å². The van der Waals surface area contributed by atoms with Crippen LogP contribution in [0.15, 0.2) is 63.9 Å². The Hall–Kier alpha value is -3.06. The van der Waals surface area contributed by atoms with Crippen molar-refractivity contribution >= 4 is 0 Å². The van der Waals surface area contributed by atoms with Crippen LogP contribution in [0.2, 0.25) is 0 Å². The molecular weight excluding hydrogens is 276 g/mol. The molecule has 3 rings (SSSR count). The molecule has 0 aliphatic heterocycles. The molecule has 0 fully saturated rings. The number of hydrogen-bond donors (Lipinski definition) is 1. The number of H-pyrrole nitrogens is 1. The summed E-state index contributed by atoms with van der Waals surface area (Å²) in [6.07, 6.45) is 0.989. The zero-order valence-electron chi connectivity index (χ0n) is 12.2. The van der Waals surface area contributed by atoms with Crippen LogP contribution < -0.4 is 10.3 Å². The zero-order valence-corrected chi connectivity index (χ0v) is 12.2. The lowest BCUT2D eigenvalue weighted by Crippen LogP contribution is -2.37. The molecular formula is C18H15N2O2+. The summed E-state index contributed by atoms with van der Waals surface area (Å²) in [6.45, 7) is 2.11. The normalized spacial score (nSPS) is 10.0. The summed E-state index contributed by atoms with van der Waals surface area (Å²) in [5.74, 6) is 5.89. The first-order valence-electron chi connectivity index (χ1n) is 7.08. The van der Waals surface area contributed by atoms with Gasteiger partial charge in [0, 0.05) is 23.6 Å². The maximum atomic E-state index is 11.8. The molecule has 3 aromatic rings. The summed E-state index contributed by atoms with van der Waals surface area (Å²) in [6, 6.07) is 17.4. The maximum Gasteiger partial charge on any atom is 0.444 e. The van der Waals surface area contributed by atoms with Gasteiger partial charge in [-0.25, -0.2) is 4.79 Å².